The first-order chi connectivity index (χ1) is 8.24. The summed E-state index contributed by atoms with van der Waals surface area (Å²) in [6.07, 6.45) is 1.41. The third-order valence-corrected chi connectivity index (χ3v) is 2.50. The van der Waals surface area contributed by atoms with Crippen LogP contribution >= 0.6 is 0 Å². The van der Waals surface area contributed by atoms with Crippen LogP contribution in [0, 0.1) is 0 Å². The van der Waals surface area contributed by atoms with Crippen LogP contribution in [-0.2, 0) is 6.42 Å². The van der Waals surface area contributed by atoms with Gasteiger partial charge in [0.05, 0.1) is 0 Å². The largest absolute Gasteiger partial charge is 0.477 e. The molecule has 1 aromatic heterocycles. The molecule has 0 aliphatic rings. The first kappa shape index (κ1) is 11.4. The van der Waals surface area contributed by atoms with Crippen molar-refractivity contribution >= 4 is 5.97 Å². The molecule has 0 spiro atoms. The number of aromatic carboxylic acids is 1. The van der Waals surface area contributed by atoms with Crippen molar-refractivity contribution in [1.29, 1.82) is 0 Å². The molecule has 0 bridgehead atoms. The van der Waals surface area contributed by atoms with Crippen LogP contribution in [0.4, 0.5) is 0 Å². The molecule has 0 aliphatic carbocycles. The molecule has 0 saturated carbocycles. The summed E-state index contributed by atoms with van der Waals surface area (Å²) in [6.45, 7) is 1.97. The van der Waals surface area contributed by atoms with Gasteiger partial charge < -0.3 is 9.63 Å². The Morgan fingerprint density at radius 3 is 2.65 bits per heavy atom. The molecule has 0 radical (unpaired) electrons. The fraction of sp³-hybridized carbons (Fsp3) is 0.231. The predicted molar refractivity (Wildman–Crippen MR) is 62.9 cm³/mol. The average Bonchev–Trinajstić information content (AvgIpc) is 2.74. The van der Waals surface area contributed by atoms with E-state index in [1.807, 2.05) is 37.3 Å². The second kappa shape index (κ2) is 4.82. The summed E-state index contributed by atoms with van der Waals surface area (Å²) < 4.78 is 5.12. The van der Waals surface area contributed by atoms with Crippen LogP contribution in [0.15, 0.2) is 34.9 Å². The molecule has 1 aromatic carbocycles. The number of aromatic nitrogens is 1. The Balaban J connectivity index is 2.52. The third kappa shape index (κ3) is 2.20. The van der Waals surface area contributed by atoms with E-state index in [9.17, 15) is 9.90 Å². The molecule has 17 heavy (non-hydrogen) atoms. The minimum Gasteiger partial charge on any atom is -0.477 e. The number of carboxylic acids is 1. The lowest BCUT2D eigenvalue weighted by Crippen LogP contribution is -2.01. The van der Waals surface area contributed by atoms with Gasteiger partial charge >= 0.3 is 5.97 Å². The molecule has 2 aromatic rings. The van der Waals surface area contributed by atoms with Gasteiger partial charge in [-0.1, -0.05) is 42.4 Å². The lowest BCUT2D eigenvalue weighted by atomic mass is 10.0. The van der Waals surface area contributed by atoms with Crippen molar-refractivity contribution in [1.82, 2.24) is 5.16 Å². The molecule has 4 nitrogen and oxygen atoms in total. The van der Waals surface area contributed by atoms with Gasteiger partial charge in [-0.05, 0) is 6.42 Å². The van der Waals surface area contributed by atoms with Gasteiger partial charge in [-0.15, -0.1) is 0 Å². The third-order valence-electron chi connectivity index (χ3n) is 2.50. The molecule has 0 amide bonds. The molecule has 4 heteroatoms. The number of rotatable bonds is 4. The fourth-order valence-electron chi connectivity index (χ4n) is 1.74. The Morgan fingerprint density at radius 1 is 1.35 bits per heavy atom. The van der Waals surface area contributed by atoms with E-state index >= 15 is 0 Å². The zero-order valence-corrected chi connectivity index (χ0v) is 9.51. The second-order valence-electron chi connectivity index (χ2n) is 3.75. The predicted octanol–water partition coefficient (Wildman–Crippen LogP) is 2.99. The van der Waals surface area contributed by atoms with Crippen LogP contribution in [-0.4, -0.2) is 16.2 Å². The summed E-state index contributed by atoms with van der Waals surface area (Å²) in [5, 5.41) is 13.1. The molecule has 0 atom stereocenters. The first-order valence-electron chi connectivity index (χ1n) is 5.51. The van der Waals surface area contributed by atoms with Gasteiger partial charge in [0.25, 0.3) is 0 Å². The average molecular weight is 231 g/mol. The highest BCUT2D eigenvalue weighted by molar-refractivity contribution is 5.95. The lowest BCUT2D eigenvalue weighted by molar-refractivity contribution is 0.0695. The molecule has 1 N–H and O–H groups in total. The maximum absolute atomic E-state index is 11.3. The smallest absolute Gasteiger partial charge is 0.341 e. The van der Waals surface area contributed by atoms with Gasteiger partial charge in [-0.3, -0.25) is 0 Å². The summed E-state index contributed by atoms with van der Waals surface area (Å²) >= 11 is 0. The van der Waals surface area contributed by atoms with Gasteiger partial charge in [-0.25, -0.2) is 4.79 Å². The van der Waals surface area contributed by atoms with Crippen LogP contribution in [0.2, 0.25) is 0 Å². The Bertz CT molecular complexity index is 517. The van der Waals surface area contributed by atoms with Crippen molar-refractivity contribution in [3.05, 3.63) is 41.7 Å². The van der Waals surface area contributed by atoms with Crippen molar-refractivity contribution in [2.75, 3.05) is 0 Å². The van der Waals surface area contributed by atoms with Crippen LogP contribution < -0.4 is 0 Å². The van der Waals surface area contributed by atoms with E-state index in [0.29, 0.717) is 17.9 Å². The van der Waals surface area contributed by atoms with Crippen molar-refractivity contribution < 1.29 is 14.4 Å². The molecule has 0 aliphatic heterocycles. The normalized spacial score (nSPS) is 10.4. The Hall–Kier alpha value is -2.10. The highest BCUT2D eigenvalue weighted by Crippen LogP contribution is 2.26. The van der Waals surface area contributed by atoms with E-state index in [2.05, 4.69) is 5.16 Å². The first-order valence-corrected chi connectivity index (χ1v) is 5.51. The Kier molecular flexibility index (Phi) is 3.23. The summed E-state index contributed by atoms with van der Waals surface area (Å²) in [5.74, 6) is -0.549. The van der Waals surface area contributed by atoms with E-state index in [1.54, 1.807) is 0 Å². The molecular weight excluding hydrogens is 218 g/mol. The molecule has 88 valence electrons. The number of carboxylic acid groups (broad SMARTS) is 1. The Morgan fingerprint density at radius 2 is 2.06 bits per heavy atom. The number of benzene rings is 1. The molecule has 0 saturated heterocycles. The second-order valence-corrected chi connectivity index (χ2v) is 3.75. The standard InChI is InChI=1S/C13H13NO3/c1-2-6-10-11(13(15)16)12(14-17-10)9-7-4-3-5-8-9/h3-5,7-8H,2,6H2,1H3,(H,15,16). The minimum atomic E-state index is -0.992. The number of aryl methyl sites for hydroxylation is 1. The van der Waals surface area contributed by atoms with E-state index in [0.717, 1.165) is 12.0 Å². The maximum Gasteiger partial charge on any atom is 0.341 e. The number of nitrogens with zero attached hydrogens (tertiary/aromatic N) is 1. The minimum absolute atomic E-state index is 0.179. The van der Waals surface area contributed by atoms with Crippen molar-refractivity contribution in [3.63, 3.8) is 0 Å². The summed E-state index contributed by atoms with van der Waals surface area (Å²) in [7, 11) is 0. The molecule has 1 heterocycles. The van der Waals surface area contributed by atoms with Crippen LogP contribution in [0.5, 0.6) is 0 Å². The molecule has 0 fully saturated rings. The van der Waals surface area contributed by atoms with Gasteiger partial charge in [0.15, 0.2) is 5.76 Å². The highest BCUT2D eigenvalue weighted by atomic mass is 16.5. The summed E-state index contributed by atoms with van der Waals surface area (Å²) in [4.78, 5) is 11.3. The summed E-state index contributed by atoms with van der Waals surface area (Å²) in [6, 6.07) is 9.20. The zero-order chi connectivity index (χ0) is 12.3. The van der Waals surface area contributed by atoms with E-state index in [4.69, 9.17) is 4.52 Å². The van der Waals surface area contributed by atoms with Crippen LogP contribution in [0.25, 0.3) is 11.3 Å². The van der Waals surface area contributed by atoms with Crippen LogP contribution in [0.3, 0.4) is 0 Å². The SMILES string of the molecule is CCCc1onc(-c2ccccc2)c1C(=O)O. The topological polar surface area (TPSA) is 63.3 Å². The maximum atomic E-state index is 11.3. The van der Waals surface area contributed by atoms with Crippen molar-refractivity contribution in [3.8, 4) is 11.3 Å². The zero-order valence-electron chi connectivity index (χ0n) is 9.51. The lowest BCUT2D eigenvalue weighted by Gasteiger charge is -1.98. The van der Waals surface area contributed by atoms with E-state index < -0.39 is 5.97 Å². The molecule has 0 unspecified atom stereocenters. The molecule has 2 rings (SSSR count). The van der Waals surface area contributed by atoms with E-state index in [-0.39, 0.29) is 5.56 Å². The van der Waals surface area contributed by atoms with Gasteiger partial charge in [0.1, 0.15) is 11.3 Å². The summed E-state index contributed by atoms with van der Waals surface area (Å²) in [5.41, 5.74) is 1.34. The number of hydrogen-bond acceptors (Lipinski definition) is 3. The molecular formula is C13H13NO3. The van der Waals surface area contributed by atoms with Gasteiger partial charge in [0, 0.05) is 12.0 Å². The van der Waals surface area contributed by atoms with Crippen LogP contribution in [0.1, 0.15) is 29.5 Å². The fourth-order valence-corrected chi connectivity index (χ4v) is 1.74. The number of carbonyl (C=O) groups is 1. The highest BCUT2D eigenvalue weighted by Gasteiger charge is 2.22. The van der Waals surface area contributed by atoms with Gasteiger partial charge in [0.2, 0.25) is 0 Å². The van der Waals surface area contributed by atoms with Crippen molar-refractivity contribution in [2.45, 2.75) is 19.8 Å². The van der Waals surface area contributed by atoms with Crippen molar-refractivity contribution in [2.24, 2.45) is 0 Å². The Labute approximate surface area is 98.9 Å². The quantitative estimate of drug-likeness (QED) is 0.878. The number of hydrogen-bond donors (Lipinski definition) is 1. The monoisotopic (exact) mass is 231 g/mol. The van der Waals surface area contributed by atoms with E-state index in [1.165, 1.54) is 0 Å². The van der Waals surface area contributed by atoms with Gasteiger partial charge in [-0.2, -0.15) is 0 Å².